The Labute approximate surface area is 180 Å². The van der Waals surface area contributed by atoms with Gasteiger partial charge in [-0.05, 0) is 93.7 Å². The van der Waals surface area contributed by atoms with Crippen LogP contribution in [-0.4, -0.2) is 36.8 Å². The molecule has 1 N–H and O–H groups in total. The van der Waals surface area contributed by atoms with Crippen molar-refractivity contribution in [3.05, 3.63) is 29.8 Å². The lowest BCUT2D eigenvalue weighted by molar-refractivity contribution is -0.127. The molecule has 5 aliphatic rings. The van der Waals surface area contributed by atoms with Crippen molar-refractivity contribution in [3.63, 3.8) is 0 Å². The molecule has 4 aliphatic carbocycles. The van der Waals surface area contributed by atoms with Gasteiger partial charge in [-0.1, -0.05) is 18.6 Å². The highest BCUT2D eigenvalue weighted by Gasteiger charge is 2.51. The average molecular weight is 431 g/mol. The summed E-state index contributed by atoms with van der Waals surface area (Å²) in [6.45, 7) is 2.41. The summed E-state index contributed by atoms with van der Waals surface area (Å²) < 4.78 is 28.3. The van der Waals surface area contributed by atoms with Gasteiger partial charge in [0.25, 0.3) is 0 Å². The molecule has 4 bridgehead atoms. The van der Waals surface area contributed by atoms with E-state index in [1.165, 1.54) is 19.3 Å². The van der Waals surface area contributed by atoms with Gasteiger partial charge < -0.3 is 5.32 Å². The summed E-state index contributed by atoms with van der Waals surface area (Å²) in [5.74, 6) is 2.39. The molecule has 1 saturated heterocycles. The largest absolute Gasteiger partial charge is 0.351 e. The second-order valence-corrected chi connectivity index (χ2v) is 12.4. The van der Waals surface area contributed by atoms with E-state index in [4.69, 9.17) is 0 Å². The van der Waals surface area contributed by atoms with Crippen molar-refractivity contribution in [2.24, 2.45) is 17.8 Å². The first-order chi connectivity index (χ1) is 14.3. The second-order valence-electron chi connectivity index (χ2n) is 10.5. The van der Waals surface area contributed by atoms with Gasteiger partial charge >= 0.3 is 0 Å². The maximum Gasteiger partial charge on any atom is 0.243 e. The number of hydrogen-bond donors (Lipinski definition) is 1. The second kappa shape index (κ2) is 7.63. The van der Waals surface area contributed by atoms with Gasteiger partial charge in [0.15, 0.2) is 0 Å². The van der Waals surface area contributed by atoms with Crippen LogP contribution in [0.3, 0.4) is 0 Å². The summed E-state index contributed by atoms with van der Waals surface area (Å²) in [5, 5.41) is 3.43. The molecule has 1 aromatic rings. The number of carbonyl (C=O) groups is 1. The average Bonchev–Trinajstić information content (AvgIpc) is 2.66. The van der Waals surface area contributed by atoms with Crippen molar-refractivity contribution in [2.75, 3.05) is 6.54 Å². The zero-order chi connectivity index (χ0) is 20.9. The first-order valence-electron chi connectivity index (χ1n) is 11.7. The molecule has 6 heteroatoms. The minimum absolute atomic E-state index is 0.0131. The molecule has 1 atom stereocenters. The smallest absolute Gasteiger partial charge is 0.243 e. The van der Waals surface area contributed by atoms with Crippen LogP contribution in [0, 0.1) is 24.7 Å². The maximum atomic E-state index is 13.3. The number of piperidine rings is 1. The highest BCUT2D eigenvalue weighted by molar-refractivity contribution is 7.89. The Morgan fingerprint density at radius 2 is 1.77 bits per heavy atom. The Balaban J connectivity index is 1.30. The van der Waals surface area contributed by atoms with E-state index in [9.17, 15) is 13.2 Å². The van der Waals surface area contributed by atoms with E-state index in [0.717, 1.165) is 61.8 Å². The molecule has 0 radical (unpaired) electrons. The van der Waals surface area contributed by atoms with Crippen LogP contribution in [-0.2, 0) is 14.8 Å². The summed E-state index contributed by atoms with van der Waals surface area (Å²) in [4.78, 5) is 13.5. The SMILES string of the molecule is Cc1cccc(S(=O)(=O)N2CCCCC2CC(=O)NC23CC4CC(CC(C4)C2)C3)c1. The highest BCUT2D eigenvalue weighted by atomic mass is 32.2. The molecule has 0 spiro atoms. The Hall–Kier alpha value is -1.40. The van der Waals surface area contributed by atoms with Crippen LogP contribution in [0.25, 0.3) is 0 Å². The Kier molecular flexibility index (Phi) is 5.21. The van der Waals surface area contributed by atoms with Crippen molar-refractivity contribution in [1.82, 2.24) is 9.62 Å². The van der Waals surface area contributed by atoms with E-state index in [1.54, 1.807) is 22.5 Å². The molecular weight excluding hydrogens is 396 g/mol. The summed E-state index contributed by atoms with van der Waals surface area (Å²) >= 11 is 0. The van der Waals surface area contributed by atoms with E-state index in [-0.39, 0.29) is 23.9 Å². The standard InChI is InChI=1S/C24H34N2O3S/c1-17-5-4-7-22(9-17)30(28,29)26-8-3-2-6-21(26)13-23(27)25-24-14-18-10-19(15-24)12-20(11-18)16-24/h4-5,7,9,18-21H,2-3,6,8,10-16H2,1H3,(H,25,27). The van der Waals surface area contributed by atoms with Gasteiger partial charge in [-0.3, -0.25) is 4.79 Å². The molecule has 1 aromatic carbocycles. The summed E-state index contributed by atoms with van der Waals surface area (Å²) in [6, 6.07) is 6.87. The predicted octanol–water partition coefficient (Wildman–Crippen LogP) is 4.01. The molecule has 164 valence electrons. The van der Waals surface area contributed by atoms with Crippen LogP contribution >= 0.6 is 0 Å². The molecule has 1 amide bonds. The van der Waals surface area contributed by atoms with Crippen LogP contribution in [0.4, 0.5) is 0 Å². The first kappa shape index (κ1) is 20.5. The molecule has 1 unspecified atom stereocenters. The molecule has 0 aromatic heterocycles. The fraction of sp³-hybridized carbons (Fsp3) is 0.708. The van der Waals surface area contributed by atoms with Crippen LogP contribution in [0.5, 0.6) is 0 Å². The topological polar surface area (TPSA) is 66.5 Å². The summed E-state index contributed by atoms with van der Waals surface area (Å²) in [7, 11) is -3.58. The third-order valence-electron chi connectivity index (χ3n) is 8.03. The quantitative estimate of drug-likeness (QED) is 0.767. The van der Waals surface area contributed by atoms with Crippen LogP contribution in [0.1, 0.15) is 69.8 Å². The fourth-order valence-electron chi connectivity index (χ4n) is 7.23. The van der Waals surface area contributed by atoms with Gasteiger partial charge in [-0.2, -0.15) is 4.31 Å². The summed E-state index contributed by atoms with van der Waals surface area (Å²) in [5.41, 5.74) is 0.921. The number of nitrogens with one attached hydrogen (secondary N) is 1. The van der Waals surface area contributed by atoms with Gasteiger partial charge in [0.2, 0.25) is 15.9 Å². The molecule has 5 nitrogen and oxygen atoms in total. The number of aryl methyl sites for hydroxylation is 1. The molecule has 5 fully saturated rings. The number of carbonyl (C=O) groups excluding carboxylic acids is 1. The third kappa shape index (κ3) is 3.81. The van der Waals surface area contributed by atoms with Crippen LogP contribution < -0.4 is 5.32 Å². The number of rotatable bonds is 5. The predicted molar refractivity (Wildman–Crippen MR) is 116 cm³/mol. The Bertz CT molecular complexity index is 891. The van der Waals surface area contributed by atoms with Crippen molar-refractivity contribution in [2.45, 2.75) is 87.6 Å². The number of sulfonamides is 1. The van der Waals surface area contributed by atoms with E-state index >= 15 is 0 Å². The van der Waals surface area contributed by atoms with E-state index < -0.39 is 10.0 Å². The maximum absolute atomic E-state index is 13.3. The van der Waals surface area contributed by atoms with Gasteiger partial charge in [0, 0.05) is 24.5 Å². The third-order valence-corrected chi connectivity index (χ3v) is 9.98. The van der Waals surface area contributed by atoms with Crippen LogP contribution in [0.15, 0.2) is 29.2 Å². The normalized spacial score (nSPS) is 36.0. The number of benzene rings is 1. The van der Waals surface area contributed by atoms with E-state index in [0.29, 0.717) is 11.4 Å². The van der Waals surface area contributed by atoms with Crippen LogP contribution in [0.2, 0.25) is 0 Å². The number of amides is 1. The zero-order valence-corrected chi connectivity index (χ0v) is 18.8. The minimum Gasteiger partial charge on any atom is -0.351 e. The van der Waals surface area contributed by atoms with Gasteiger partial charge in [-0.25, -0.2) is 8.42 Å². The highest BCUT2D eigenvalue weighted by Crippen LogP contribution is 2.55. The van der Waals surface area contributed by atoms with Crippen molar-refractivity contribution >= 4 is 15.9 Å². The van der Waals surface area contributed by atoms with Crippen molar-refractivity contribution in [1.29, 1.82) is 0 Å². The minimum atomic E-state index is -3.58. The van der Waals surface area contributed by atoms with E-state index in [2.05, 4.69) is 5.32 Å². The summed E-state index contributed by atoms with van der Waals surface area (Å²) in [6.07, 6.45) is 10.3. The fourth-order valence-corrected chi connectivity index (χ4v) is 9.03. The Morgan fingerprint density at radius 1 is 1.10 bits per heavy atom. The van der Waals surface area contributed by atoms with Gasteiger partial charge in [0.05, 0.1) is 4.90 Å². The lowest BCUT2D eigenvalue weighted by Gasteiger charge is -2.57. The molecular formula is C24H34N2O3S. The molecule has 1 heterocycles. The van der Waals surface area contributed by atoms with Gasteiger partial charge in [-0.15, -0.1) is 0 Å². The van der Waals surface area contributed by atoms with Gasteiger partial charge in [0.1, 0.15) is 0 Å². The molecule has 30 heavy (non-hydrogen) atoms. The van der Waals surface area contributed by atoms with Crippen molar-refractivity contribution in [3.8, 4) is 0 Å². The van der Waals surface area contributed by atoms with Crippen molar-refractivity contribution < 1.29 is 13.2 Å². The zero-order valence-electron chi connectivity index (χ0n) is 18.0. The lowest BCUT2D eigenvalue weighted by Crippen LogP contribution is -2.60. The molecule has 6 rings (SSSR count). The Morgan fingerprint density at radius 3 is 2.40 bits per heavy atom. The molecule has 4 saturated carbocycles. The number of nitrogens with zero attached hydrogens (tertiary/aromatic N) is 1. The molecule has 1 aliphatic heterocycles. The monoisotopic (exact) mass is 430 g/mol. The lowest BCUT2D eigenvalue weighted by atomic mass is 9.53. The first-order valence-corrected chi connectivity index (χ1v) is 13.2. The van der Waals surface area contributed by atoms with E-state index in [1.807, 2.05) is 13.0 Å². The number of hydrogen-bond acceptors (Lipinski definition) is 3.